The van der Waals surface area contributed by atoms with E-state index >= 15 is 0 Å². The van der Waals surface area contributed by atoms with Gasteiger partial charge in [0.25, 0.3) is 5.56 Å². The van der Waals surface area contributed by atoms with Gasteiger partial charge in [-0.25, -0.2) is 4.79 Å². The number of pyridine rings is 1. The number of hydrogen-bond donors (Lipinski definition) is 1. The lowest BCUT2D eigenvalue weighted by Crippen LogP contribution is -2.27. The van der Waals surface area contributed by atoms with Gasteiger partial charge in [0.15, 0.2) is 11.5 Å². The third kappa shape index (κ3) is 5.14. The third-order valence-corrected chi connectivity index (χ3v) is 7.46. The van der Waals surface area contributed by atoms with Gasteiger partial charge in [-0.3, -0.25) is 9.36 Å². The van der Waals surface area contributed by atoms with E-state index in [9.17, 15) is 9.59 Å². The Bertz CT molecular complexity index is 1800. The zero-order valence-electron chi connectivity index (χ0n) is 23.2. The first-order chi connectivity index (χ1) is 20.3. The highest BCUT2D eigenvalue weighted by atomic mass is 79.9. The fourth-order valence-electron chi connectivity index (χ4n) is 4.69. The molecule has 0 unspecified atom stereocenters. The number of furan rings is 1. The third-order valence-electron chi connectivity index (χ3n) is 6.68. The van der Waals surface area contributed by atoms with Crippen molar-refractivity contribution in [3.8, 4) is 39.8 Å². The van der Waals surface area contributed by atoms with Gasteiger partial charge in [0.1, 0.15) is 34.0 Å². The van der Waals surface area contributed by atoms with Crippen molar-refractivity contribution in [2.45, 2.75) is 6.61 Å². The van der Waals surface area contributed by atoms with Gasteiger partial charge in [0.05, 0.1) is 40.1 Å². The molecule has 0 atom stereocenters. The van der Waals surface area contributed by atoms with E-state index in [1.807, 2.05) is 0 Å². The zero-order valence-corrected chi connectivity index (χ0v) is 24.8. The molecule has 10 nitrogen and oxygen atoms in total. The Morgan fingerprint density at radius 1 is 0.881 bits per heavy atom. The fourth-order valence-corrected chi connectivity index (χ4v) is 5.24. The summed E-state index contributed by atoms with van der Waals surface area (Å²) in [6.07, 6.45) is 1.54. The minimum atomic E-state index is -0.737. The summed E-state index contributed by atoms with van der Waals surface area (Å²) in [5.74, 6) is 1.40. The zero-order chi connectivity index (χ0) is 30.0. The van der Waals surface area contributed by atoms with Crippen LogP contribution in [0.3, 0.4) is 0 Å². The predicted molar refractivity (Wildman–Crippen MR) is 161 cm³/mol. The highest BCUT2D eigenvalue weighted by Gasteiger charge is 2.28. The molecular formula is C31H27BrN2O8. The van der Waals surface area contributed by atoms with Crippen LogP contribution in [0.1, 0.15) is 16.2 Å². The number of esters is 1. The molecule has 0 radical (unpaired) electrons. The summed E-state index contributed by atoms with van der Waals surface area (Å²) >= 11 is 3.50. The number of halogens is 1. The summed E-state index contributed by atoms with van der Waals surface area (Å²) in [6, 6.07) is 16.8. The lowest BCUT2D eigenvalue weighted by Gasteiger charge is -2.21. The summed E-state index contributed by atoms with van der Waals surface area (Å²) in [5, 5.41) is 0.672. The standard InChI is InChI=1S/C31H27BrN2O8/c1-37-23-14-21-22(15-24(23)42-16-20-6-5-11-41-20)30(35)34(19-9-7-18(33)8-10-19)29(31(36)40-4)27(21)17-12-25(38-2)28(32)26(13-17)39-3/h5-15H,16,33H2,1-4H3. The maximum absolute atomic E-state index is 14.3. The number of carbonyl (C=O) groups is 1. The molecule has 0 aliphatic heterocycles. The van der Waals surface area contributed by atoms with Gasteiger partial charge in [-0.05, 0) is 82.2 Å². The van der Waals surface area contributed by atoms with Gasteiger partial charge in [0.2, 0.25) is 0 Å². The van der Waals surface area contributed by atoms with Gasteiger partial charge in [-0.2, -0.15) is 0 Å². The van der Waals surface area contributed by atoms with E-state index in [0.717, 1.165) is 0 Å². The number of nitrogens with two attached hydrogens (primary N) is 1. The molecule has 0 saturated carbocycles. The Balaban J connectivity index is 1.92. The maximum Gasteiger partial charge on any atom is 0.355 e. The number of nitrogen functional groups attached to an aromatic ring is 1. The number of carbonyl (C=O) groups excluding carboxylic acids is 1. The van der Waals surface area contributed by atoms with Crippen LogP contribution in [0.5, 0.6) is 23.0 Å². The molecule has 5 rings (SSSR count). The highest BCUT2D eigenvalue weighted by molar-refractivity contribution is 9.10. The van der Waals surface area contributed by atoms with Crippen molar-refractivity contribution in [1.82, 2.24) is 4.57 Å². The van der Waals surface area contributed by atoms with E-state index in [1.165, 1.54) is 33.0 Å². The number of ether oxygens (including phenoxy) is 5. The van der Waals surface area contributed by atoms with Crippen LogP contribution in [-0.2, 0) is 11.3 Å². The molecule has 2 N–H and O–H groups in total. The van der Waals surface area contributed by atoms with E-state index in [4.69, 9.17) is 33.8 Å². The highest BCUT2D eigenvalue weighted by Crippen LogP contribution is 2.44. The van der Waals surface area contributed by atoms with Crippen LogP contribution in [-0.4, -0.2) is 39.0 Å². The molecule has 0 spiro atoms. The molecule has 2 aromatic heterocycles. The molecule has 11 heteroatoms. The number of benzene rings is 3. The van der Waals surface area contributed by atoms with E-state index in [-0.39, 0.29) is 17.7 Å². The van der Waals surface area contributed by atoms with Gasteiger partial charge in [-0.15, -0.1) is 0 Å². The number of fused-ring (bicyclic) bond motifs is 1. The molecule has 0 saturated heterocycles. The number of methoxy groups -OCH3 is 4. The monoisotopic (exact) mass is 634 g/mol. The number of nitrogens with zero attached hydrogens (tertiary/aromatic N) is 1. The Hall–Kier alpha value is -4.90. The van der Waals surface area contributed by atoms with Crippen molar-refractivity contribution >= 4 is 38.4 Å². The van der Waals surface area contributed by atoms with Crippen LogP contribution in [0.4, 0.5) is 5.69 Å². The second-order valence-electron chi connectivity index (χ2n) is 9.06. The Morgan fingerprint density at radius 3 is 2.10 bits per heavy atom. The predicted octanol–water partition coefficient (Wildman–Crippen LogP) is 5.99. The molecule has 5 aromatic rings. The summed E-state index contributed by atoms with van der Waals surface area (Å²) < 4.78 is 35.4. The van der Waals surface area contributed by atoms with Crippen LogP contribution in [0.25, 0.3) is 27.6 Å². The van der Waals surface area contributed by atoms with Gasteiger partial charge >= 0.3 is 5.97 Å². The minimum absolute atomic E-state index is 0.0162. The summed E-state index contributed by atoms with van der Waals surface area (Å²) in [4.78, 5) is 27.8. The molecule has 0 aliphatic carbocycles. The second kappa shape index (κ2) is 11.9. The quantitative estimate of drug-likeness (QED) is 0.154. The smallest absolute Gasteiger partial charge is 0.355 e. The number of hydrogen-bond acceptors (Lipinski definition) is 9. The molecule has 3 aromatic carbocycles. The first kappa shape index (κ1) is 28.6. The van der Waals surface area contributed by atoms with E-state index in [0.29, 0.717) is 61.1 Å². The molecular weight excluding hydrogens is 608 g/mol. The van der Waals surface area contributed by atoms with E-state index in [1.54, 1.807) is 66.9 Å². The molecule has 0 bridgehead atoms. The Kier molecular flexibility index (Phi) is 8.12. The maximum atomic E-state index is 14.3. The Morgan fingerprint density at radius 2 is 1.52 bits per heavy atom. The van der Waals surface area contributed by atoms with Gasteiger partial charge < -0.3 is 33.8 Å². The molecule has 0 amide bonds. The molecule has 2 heterocycles. The summed E-state index contributed by atoms with van der Waals surface area (Å²) in [7, 11) is 5.78. The van der Waals surface area contributed by atoms with Crippen LogP contribution >= 0.6 is 15.9 Å². The first-order valence-corrected chi connectivity index (χ1v) is 13.4. The van der Waals surface area contributed by atoms with Crippen molar-refractivity contribution in [2.24, 2.45) is 0 Å². The van der Waals surface area contributed by atoms with Crippen LogP contribution < -0.4 is 30.2 Å². The molecule has 42 heavy (non-hydrogen) atoms. The van der Waals surface area contributed by atoms with Crippen molar-refractivity contribution in [3.05, 3.63) is 93.2 Å². The van der Waals surface area contributed by atoms with Crippen molar-refractivity contribution in [3.63, 3.8) is 0 Å². The lowest BCUT2D eigenvalue weighted by molar-refractivity contribution is 0.0591. The van der Waals surface area contributed by atoms with E-state index < -0.39 is 11.5 Å². The Labute approximate surface area is 249 Å². The van der Waals surface area contributed by atoms with Crippen molar-refractivity contribution in [1.29, 1.82) is 0 Å². The normalized spacial score (nSPS) is 10.9. The first-order valence-electron chi connectivity index (χ1n) is 12.6. The number of anilines is 1. The summed E-state index contributed by atoms with van der Waals surface area (Å²) in [5.41, 5.74) is 7.23. The van der Waals surface area contributed by atoms with Crippen molar-refractivity contribution in [2.75, 3.05) is 34.2 Å². The fraction of sp³-hybridized carbons (Fsp3) is 0.161. The average molecular weight is 635 g/mol. The summed E-state index contributed by atoms with van der Waals surface area (Å²) in [6.45, 7) is 0.106. The largest absolute Gasteiger partial charge is 0.495 e. The SMILES string of the molecule is COC(=O)c1c(-c2cc(OC)c(Br)c(OC)c2)c2cc(OC)c(OCc3ccco3)cc2c(=O)n1-c1ccc(N)cc1. The lowest BCUT2D eigenvalue weighted by atomic mass is 9.95. The van der Waals surface area contributed by atoms with Crippen LogP contribution in [0, 0.1) is 0 Å². The number of aromatic nitrogens is 1. The molecule has 0 fully saturated rings. The van der Waals surface area contributed by atoms with E-state index in [2.05, 4.69) is 15.9 Å². The van der Waals surface area contributed by atoms with Crippen LogP contribution in [0.2, 0.25) is 0 Å². The minimum Gasteiger partial charge on any atom is -0.495 e. The van der Waals surface area contributed by atoms with Gasteiger partial charge in [0, 0.05) is 22.3 Å². The number of rotatable bonds is 9. The second-order valence-corrected chi connectivity index (χ2v) is 9.85. The van der Waals surface area contributed by atoms with Crippen molar-refractivity contribution < 1.29 is 32.9 Å². The average Bonchev–Trinajstić information content (AvgIpc) is 3.54. The van der Waals surface area contributed by atoms with Gasteiger partial charge in [-0.1, -0.05) is 0 Å². The topological polar surface area (TPSA) is 124 Å². The van der Waals surface area contributed by atoms with Crippen LogP contribution in [0.15, 0.2) is 80.6 Å². The molecule has 216 valence electrons. The molecule has 0 aliphatic rings.